The SMILES string of the molecule is CCc1ccc(NC(=S)N(C)Cc2ccc(OC(F)F)cc2)cc1. The molecule has 1 N–H and O–H groups in total. The standard InChI is InChI=1S/C18H20F2N2OS/c1-3-13-4-8-15(9-5-13)21-18(24)22(2)12-14-6-10-16(11-7-14)23-17(19)20/h4-11,17H,3,12H2,1-2H3,(H,21,24). The van der Waals surface area contributed by atoms with E-state index < -0.39 is 6.61 Å². The van der Waals surface area contributed by atoms with Crippen molar-refractivity contribution in [2.75, 3.05) is 12.4 Å². The Kier molecular flexibility index (Phi) is 6.49. The Morgan fingerprint density at radius 1 is 1.08 bits per heavy atom. The van der Waals surface area contributed by atoms with Crippen LogP contribution >= 0.6 is 12.2 Å². The number of thiocarbonyl (C=S) groups is 1. The summed E-state index contributed by atoms with van der Waals surface area (Å²) in [4.78, 5) is 1.88. The van der Waals surface area contributed by atoms with Gasteiger partial charge in [0, 0.05) is 19.3 Å². The zero-order valence-electron chi connectivity index (χ0n) is 13.6. The zero-order valence-corrected chi connectivity index (χ0v) is 14.4. The number of hydrogen-bond acceptors (Lipinski definition) is 2. The summed E-state index contributed by atoms with van der Waals surface area (Å²) in [7, 11) is 1.87. The van der Waals surface area contributed by atoms with Crippen LogP contribution in [0.25, 0.3) is 0 Å². The van der Waals surface area contributed by atoms with E-state index in [9.17, 15) is 8.78 Å². The van der Waals surface area contributed by atoms with Gasteiger partial charge in [0.25, 0.3) is 0 Å². The van der Waals surface area contributed by atoms with Gasteiger partial charge in [-0.1, -0.05) is 31.2 Å². The number of rotatable bonds is 6. The van der Waals surface area contributed by atoms with Crippen molar-refractivity contribution in [3.05, 3.63) is 59.7 Å². The van der Waals surface area contributed by atoms with Crippen molar-refractivity contribution in [1.29, 1.82) is 0 Å². The minimum absolute atomic E-state index is 0.146. The van der Waals surface area contributed by atoms with Crippen molar-refractivity contribution in [1.82, 2.24) is 4.90 Å². The molecule has 0 unspecified atom stereocenters. The van der Waals surface area contributed by atoms with Crippen molar-refractivity contribution in [2.24, 2.45) is 0 Å². The van der Waals surface area contributed by atoms with Gasteiger partial charge in [-0.25, -0.2) is 0 Å². The molecule has 0 bridgehead atoms. The first kappa shape index (κ1) is 18.1. The third kappa shape index (κ3) is 5.45. The molecule has 0 amide bonds. The van der Waals surface area contributed by atoms with Gasteiger partial charge >= 0.3 is 6.61 Å². The van der Waals surface area contributed by atoms with Crippen LogP contribution in [0.5, 0.6) is 5.75 Å². The van der Waals surface area contributed by atoms with Gasteiger partial charge in [-0.3, -0.25) is 0 Å². The molecule has 24 heavy (non-hydrogen) atoms. The molecule has 0 atom stereocenters. The first-order chi connectivity index (χ1) is 11.5. The minimum atomic E-state index is -2.81. The molecule has 0 aliphatic carbocycles. The minimum Gasteiger partial charge on any atom is -0.435 e. The van der Waals surface area contributed by atoms with Gasteiger partial charge in [-0.2, -0.15) is 8.78 Å². The summed E-state index contributed by atoms with van der Waals surface area (Å²) in [5, 5.41) is 3.77. The van der Waals surface area contributed by atoms with E-state index in [2.05, 4.69) is 29.1 Å². The lowest BCUT2D eigenvalue weighted by atomic mass is 10.1. The number of alkyl halides is 2. The predicted octanol–water partition coefficient (Wildman–Crippen LogP) is 4.68. The number of halogens is 2. The molecule has 0 aromatic heterocycles. The Balaban J connectivity index is 1.90. The highest BCUT2D eigenvalue weighted by atomic mass is 32.1. The third-order valence-electron chi connectivity index (χ3n) is 3.53. The number of nitrogens with zero attached hydrogens (tertiary/aromatic N) is 1. The summed E-state index contributed by atoms with van der Waals surface area (Å²) in [5.41, 5.74) is 3.15. The summed E-state index contributed by atoms with van der Waals surface area (Å²) in [5.74, 6) is 0.146. The van der Waals surface area contributed by atoms with Crippen LogP contribution in [0, 0.1) is 0 Å². The van der Waals surface area contributed by atoms with E-state index in [1.807, 2.05) is 24.1 Å². The van der Waals surface area contributed by atoms with E-state index in [0.29, 0.717) is 11.7 Å². The Morgan fingerprint density at radius 2 is 1.67 bits per heavy atom. The molecular formula is C18H20F2N2OS. The van der Waals surface area contributed by atoms with Crippen LogP contribution in [0.1, 0.15) is 18.1 Å². The van der Waals surface area contributed by atoms with E-state index in [1.165, 1.54) is 17.7 Å². The van der Waals surface area contributed by atoms with Crippen LogP contribution < -0.4 is 10.1 Å². The van der Waals surface area contributed by atoms with Gasteiger partial charge in [-0.05, 0) is 54.0 Å². The van der Waals surface area contributed by atoms with Crippen LogP contribution in [-0.2, 0) is 13.0 Å². The fourth-order valence-corrected chi connectivity index (χ4v) is 2.35. The number of benzene rings is 2. The number of nitrogens with one attached hydrogen (secondary N) is 1. The Labute approximate surface area is 146 Å². The Bertz CT molecular complexity index is 660. The van der Waals surface area contributed by atoms with Gasteiger partial charge in [-0.15, -0.1) is 0 Å². The molecule has 0 heterocycles. The van der Waals surface area contributed by atoms with E-state index in [4.69, 9.17) is 12.2 Å². The maximum atomic E-state index is 12.1. The lowest BCUT2D eigenvalue weighted by molar-refractivity contribution is -0.0498. The molecule has 0 saturated heterocycles. The van der Waals surface area contributed by atoms with E-state index >= 15 is 0 Å². The molecule has 128 valence electrons. The first-order valence-electron chi connectivity index (χ1n) is 7.62. The van der Waals surface area contributed by atoms with Crippen molar-refractivity contribution >= 4 is 23.0 Å². The Hall–Kier alpha value is -2.21. The maximum absolute atomic E-state index is 12.1. The van der Waals surface area contributed by atoms with Crippen molar-refractivity contribution < 1.29 is 13.5 Å². The van der Waals surface area contributed by atoms with Gasteiger partial charge in [0.15, 0.2) is 5.11 Å². The smallest absolute Gasteiger partial charge is 0.387 e. The van der Waals surface area contributed by atoms with Crippen molar-refractivity contribution in [3.8, 4) is 5.75 Å². The molecule has 0 saturated carbocycles. The molecule has 2 rings (SSSR count). The summed E-state index contributed by atoms with van der Waals surface area (Å²) in [6.45, 7) is -0.138. The average molecular weight is 350 g/mol. The highest BCUT2D eigenvalue weighted by Crippen LogP contribution is 2.16. The summed E-state index contributed by atoms with van der Waals surface area (Å²) in [6, 6.07) is 14.6. The largest absolute Gasteiger partial charge is 0.435 e. The quantitative estimate of drug-likeness (QED) is 0.765. The maximum Gasteiger partial charge on any atom is 0.387 e. The van der Waals surface area contributed by atoms with Crippen LogP contribution in [0.3, 0.4) is 0 Å². The highest BCUT2D eigenvalue weighted by Gasteiger charge is 2.07. The second kappa shape index (κ2) is 8.59. The van der Waals surface area contributed by atoms with Crippen LogP contribution in [0.4, 0.5) is 14.5 Å². The lowest BCUT2D eigenvalue weighted by Crippen LogP contribution is -2.30. The number of anilines is 1. The van der Waals surface area contributed by atoms with Gasteiger partial charge in [0.05, 0.1) is 0 Å². The normalized spacial score (nSPS) is 10.5. The fraction of sp³-hybridized carbons (Fsp3) is 0.278. The van der Waals surface area contributed by atoms with E-state index in [0.717, 1.165) is 17.7 Å². The number of ether oxygens (including phenoxy) is 1. The van der Waals surface area contributed by atoms with Crippen LogP contribution in [0.15, 0.2) is 48.5 Å². The molecule has 2 aromatic carbocycles. The third-order valence-corrected chi connectivity index (χ3v) is 3.94. The van der Waals surface area contributed by atoms with Crippen LogP contribution in [-0.4, -0.2) is 23.7 Å². The monoisotopic (exact) mass is 350 g/mol. The molecular weight excluding hydrogens is 330 g/mol. The molecule has 0 aliphatic heterocycles. The molecule has 6 heteroatoms. The lowest BCUT2D eigenvalue weighted by Gasteiger charge is -2.21. The van der Waals surface area contributed by atoms with Crippen molar-refractivity contribution in [2.45, 2.75) is 26.5 Å². The summed E-state index contributed by atoms with van der Waals surface area (Å²) in [6.07, 6.45) is 0.996. The molecule has 0 radical (unpaired) electrons. The fourth-order valence-electron chi connectivity index (χ4n) is 2.16. The van der Waals surface area contributed by atoms with E-state index in [-0.39, 0.29) is 5.75 Å². The first-order valence-corrected chi connectivity index (χ1v) is 8.03. The molecule has 3 nitrogen and oxygen atoms in total. The van der Waals surface area contributed by atoms with Crippen molar-refractivity contribution in [3.63, 3.8) is 0 Å². The van der Waals surface area contributed by atoms with Gasteiger partial charge < -0.3 is 15.0 Å². The second-order valence-corrected chi connectivity index (χ2v) is 5.75. The second-order valence-electron chi connectivity index (χ2n) is 5.36. The number of aryl methyl sites for hydroxylation is 1. The zero-order chi connectivity index (χ0) is 17.5. The molecule has 2 aromatic rings. The van der Waals surface area contributed by atoms with E-state index in [1.54, 1.807) is 12.1 Å². The highest BCUT2D eigenvalue weighted by molar-refractivity contribution is 7.80. The van der Waals surface area contributed by atoms with Gasteiger partial charge in [0.2, 0.25) is 0 Å². The predicted molar refractivity (Wildman–Crippen MR) is 96.6 cm³/mol. The van der Waals surface area contributed by atoms with Gasteiger partial charge in [0.1, 0.15) is 5.75 Å². The summed E-state index contributed by atoms with van der Waals surface area (Å²) < 4.78 is 28.6. The Morgan fingerprint density at radius 3 is 2.21 bits per heavy atom. The number of hydrogen-bond donors (Lipinski definition) is 1. The average Bonchev–Trinajstić information content (AvgIpc) is 2.56. The summed E-state index contributed by atoms with van der Waals surface area (Å²) >= 11 is 5.39. The molecule has 0 aliphatic rings. The molecule has 0 fully saturated rings. The van der Waals surface area contributed by atoms with Crippen LogP contribution in [0.2, 0.25) is 0 Å². The topological polar surface area (TPSA) is 24.5 Å². The molecule has 0 spiro atoms.